The van der Waals surface area contributed by atoms with Crippen LogP contribution in [0.15, 0.2) is 0 Å². The second kappa shape index (κ2) is 6.39. The molecule has 0 aliphatic heterocycles. The predicted octanol–water partition coefficient (Wildman–Crippen LogP) is 3.19. The van der Waals surface area contributed by atoms with Gasteiger partial charge in [-0.2, -0.15) is 0 Å². The first-order valence-corrected chi connectivity index (χ1v) is 6.16. The van der Waals surface area contributed by atoms with Crippen molar-refractivity contribution in [3.05, 3.63) is 29.1 Å². The molecule has 7 heteroatoms. The number of benzene rings is 1. The number of anilines is 1. The van der Waals surface area contributed by atoms with Crippen molar-refractivity contribution in [1.82, 2.24) is 0 Å². The van der Waals surface area contributed by atoms with E-state index >= 15 is 0 Å². The molecule has 0 fully saturated rings. The Labute approximate surface area is 114 Å². The van der Waals surface area contributed by atoms with Gasteiger partial charge in [-0.1, -0.05) is 13.8 Å². The van der Waals surface area contributed by atoms with E-state index in [-0.39, 0.29) is 18.5 Å². The van der Waals surface area contributed by atoms with Gasteiger partial charge in [0, 0.05) is 19.6 Å². The lowest BCUT2D eigenvalue weighted by molar-refractivity contribution is 0.378. The summed E-state index contributed by atoms with van der Waals surface area (Å²) in [6.45, 7) is 3.84. The molecule has 1 rings (SSSR count). The van der Waals surface area contributed by atoms with Gasteiger partial charge in [-0.3, -0.25) is 0 Å². The van der Waals surface area contributed by atoms with Crippen LogP contribution in [0, 0.1) is 35.0 Å². The molecule has 0 spiro atoms. The van der Waals surface area contributed by atoms with Gasteiger partial charge in [0.15, 0.2) is 23.3 Å². The van der Waals surface area contributed by atoms with E-state index in [0.29, 0.717) is 6.42 Å². The van der Waals surface area contributed by atoms with Crippen molar-refractivity contribution in [3.8, 4) is 0 Å². The first-order valence-electron chi connectivity index (χ1n) is 6.16. The Morgan fingerprint density at radius 2 is 1.30 bits per heavy atom. The molecule has 114 valence electrons. The lowest BCUT2D eigenvalue weighted by Crippen LogP contribution is -2.32. The Hall–Kier alpha value is -1.37. The van der Waals surface area contributed by atoms with Gasteiger partial charge in [-0.25, -0.2) is 22.0 Å². The molecule has 2 N–H and O–H groups in total. The minimum Gasteiger partial charge on any atom is -0.370 e. The maximum absolute atomic E-state index is 13.5. The number of nitrogens with zero attached hydrogens (tertiary/aromatic N) is 1. The Morgan fingerprint density at radius 3 is 1.70 bits per heavy atom. The van der Waals surface area contributed by atoms with Gasteiger partial charge >= 0.3 is 0 Å². The van der Waals surface area contributed by atoms with Crippen LogP contribution in [-0.4, -0.2) is 19.6 Å². The van der Waals surface area contributed by atoms with E-state index in [1.807, 2.05) is 13.8 Å². The molecule has 0 saturated heterocycles. The fraction of sp³-hybridized carbons (Fsp3) is 0.538. The highest BCUT2D eigenvalue weighted by Crippen LogP contribution is 2.29. The monoisotopic (exact) mass is 296 g/mol. The molecular weight excluding hydrogens is 279 g/mol. The van der Waals surface area contributed by atoms with Crippen LogP contribution in [0.5, 0.6) is 0 Å². The molecule has 0 bridgehead atoms. The first kappa shape index (κ1) is 16.7. The van der Waals surface area contributed by atoms with Crippen molar-refractivity contribution in [2.24, 2.45) is 11.7 Å². The third-order valence-corrected chi connectivity index (χ3v) is 3.22. The lowest BCUT2D eigenvalue weighted by atomic mass is 10.0. The van der Waals surface area contributed by atoms with Crippen LogP contribution in [-0.2, 0) is 0 Å². The van der Waals surface area contributed by atoms with Crippen LogP contribution in [0.1, 0.15) is 20.3 Å². The minimum atomic E-state index is -2.16. The van der Waals surface area contributed by atoms with Crippen molar-refractivity contribution in [2.75, 3.05) is 18.5 Å². The van der Waals surface area contributed by atoms with E-state index in [1.165, 1.54) is 7.05 Å². The van der Waals surface area contributed by atoms with Gasteiger partial charge in [-0.15, -0.1) is 0 Å². The summed E-state index contributed by atoms with van der Waals surface area (Å²) in [6.07, 6.45) is 0.369. The normalized spacial score (nSPS) is 12.9. The van der Waals surface area contributed by atoms with E-state index in [9.17, 15) is 22.0 Å². The third-order valence-electron chi connectivity index (χ3n) is 3.22. The van der Waals surface area contributed by atoms with E-state index in [0.717, 1.165) is 4.90 Å². The molecule has 0 radical (unpaired) electrons. The molecule has 0 heterocycles. The van der Waals surface area contributed by atoms with Crippen LogP contribution in [0.3, 0.4) is 0 Å². The summed E-state index contributed by atoms with van der Waals surface area (Å²) >= 11 is 0. The highest BCUT2D eigenvalue weighted by Gasteiger charge is 2.27. The number of hydrogen-bond acceptors (Lipinski definition) is 2. The van der Waals surface area contributed by atoms with Gasteiger partial charge in [0.1, 0.15) is 5.69 Å². The number of rotatable bonds is 5. The summed E-state index contributed by atoms with van der Waals surface area (Å²) in [5.74, 6) is -9.56. The Kier molecular flexibility index (Phi) is 5.33. The Bertz CT molecular complexity index is 461. The number of hydrogen-bond donors (Lipinski definition) is 1. The first-order chi connectivity index (χ1) is 9.18. The maximum Gasteiger partial charge on any atom is 0.200 e. The molecule has 0 amide bonds. The average molecular weight is 296 g/mol. The second-order valence-corrected chi connectivity index (χ2v) is 5.04. The number of nitrogens with two attached hydrogens (primary N) is 1. The Morgan fingerprint density at radius 1 is 0.900 bits per heavy atom. The van der Waals surface area contributed by atoms with Crippen molar-refractivity contribution in [3.63, 3.8) is 0 Å². The molecule has 1 unspecified atom stereocenters. The zero-order valence-electron chi connectivity index (χ0n) is 11.5. The third kappa shape index (κ3) is 3.20. The molecule has 1 aromatic carbocycles. The smallest absolute Gasteiger partial charge is 0.200 e. The lowest BCUT2D eigenvalue weighted by Gasteiger charge is -2.24. The van der Waals surface area contributed by atoms with E-state index < -0.39 is 34.8 Å². The molecule has 0 aliphatic carbocycles. The fourth-order valence-corrected chi connectivity index (χ4v) is 1.72. The van der Waals surface area contributed by atoms with E-state index in [4.69, 9.17) is 5.73 Å². The van der Waals surface area contributed by atoms with Gasteiger partial charge in [-0.05, 0) is 12.3 Å². The summed E-state index contributed by atoms with van der Waals surface area (Å²) in [4.78, 5) is 0.985. The molecule has 2 nitrogen and oxygen atoms in total. The van der Waals surface area contributed by atoms with Crippen LogP contribution in [0.4, 0.5) is 27.6 Å². The molecule has 1 atom stereocenters. The van der Waals surface area contributed by atoms with Crippen LogP contribution >= 0.6 is 0 Å². The summed E-state index contributed by atoms with van der Waals surface area (Å²) in [5, 5.41) is 0. The standard InChI is InChI=1S/C13H17F5N2/c1-6(2)7(19)4-5-20(3)13-11(17)9(15)8(14)10(16)12(13)18/h6-7H,4-5,19H2,1-3H3. The molecular formula is C13H17F5N2. The fourth-order valence-electron chi connectivity index (χ4n) is 1.72. The molecule has 1 aromatic rings. The molecule has 0 saturated carbocycles. The quantitative estimate of drug-likeness (QED) is 0.513. The van der Waals surface area contributed by atoms with E-state index in [1.54, 1.807) is 0 Å². The minimum absolute atomic E-state index is 0.0811. The maximum atomic E-state index is 13.5. The zero-order valence-corrected chi connectivity index (χ0v) is 11.5. The van der Waals surface area contributed by atoms with Crippen LogP contribution < -0.4 is 10.6 Å². The van der Waals surface area contributed by atoms with Gasteiger partial charge in [0.2, 0.25) is 5.82 Å². The van der Waals surface area contributed by atoms with Gasteiger partial charge in [0.05, 0.1) is 0 Å². The topological polar surface area (TPSA) is 29.3 Å². The molecule has 0 aromatic heterocycles. The highest BCUT2D eigenvalue weighted by molar-refractivity contribution is 5.49. The summed E-state index contributed by atoms with van der Waals surface area (Å²) in [6, 6.07) is -0.223. The van der Waals surface area contributed by atoms with Gasteiger partial charge < -0.3 is 10.6 Å². The summed E-state index contributed by atoms with van der Waals surface area (Å²) in [5.41, 5.74) is 4.85. The van der Waals surface area contributed by atoms with Crippen LogP contribution in [0.25, 0.3) is 0 Å². The Balaban J connectivity index is 3.02. The van der Waals surface area contributed by atoms with Crippen molar-refractivity contribution in [1.29, 1.82) is 0 Å². The largest absolute Gasteiger partial charge is 0.370 e. The van der Waals surface area contributed by atoms with Gasteiger partial charge in [0.25, 0.3) is 0 Å². The van der Waals surface area contributed by atoms with Crippen molar-refractivity contribution in [2.45, 2.75) is 26.3 Å². The van der Waals surface area contributed by atoms with Crippen LogP contribution in [0.2, 0.25) is 0 Å². The van der Waals surface area contributed by atoms with E-state index in [2.05, 4.69) is 0 Å². The average Bonchev–Trinajstić information content (AvgIpc) is 2.40. The predicted molar refractivity (Wildman–Crippen MR) is 66.9 cm³/mol. The van der Waals surface area contributed by atoms with Crippen molar-refractivity contribution >= 4 is 5.69 Å². The SMILES string of the molecule is CC(C)C(N)CCN(C)c1c(F)c(F)c(F)c(F)c1F. The molecule has 0 aliphatic rings. The zero-order chi connectivity index (χ0) is 15.6. The molecule has 20 heavy (non-hydrogen) atoms. The summed E-state index contributed by atoms with van der Waals surface area (Å²) < 4.78 is 66.2. The number of halogens is 5. The van der Waals surface area contributed by atoms with Crippen molar-refractivity contribution < 1.29 is 22.0 Å². The summed E-state index contributed by atoms with van der Waals surface area (Å²) in [7, 11) is 1.26. The highest BCUT2D eigenvalue weighted by atomic mass is 19.2. The second-order valence-electron chi connectivity index (χ2n) is 5.04.